The van der Waals surface area contributed by atoms with Crippen LogP contribution in [-0.2, 0) is 25.7 Å². The topological polar surface area (TPSA) is 44.7 Å². The van der Waals surface area contributed by atoms with Crippen LogP contribution in [0.3, 0.4) is 0 Å². The number of nitrogens with one attached hydrogen (secondary N) is 1. The van der Waals surface area contributed by atoms with Crippen molar-refractivity contribution in [1.29, 1.82) is 0 Å². The van der Waals surface area contributed by atoms with Gasteiger partial charge in [-0.05, 0) is 110 Å². The maximum absolute atomic E-state index is 9.83. The minimum atomic E-state index is 0.369. The lowest BCUT2D eigenvalue weighted by Gasteiger charge is -2.27. The number of phenolic OH excluding ortho intramolecular Hbond substituents is 1. The number of aryl methyl sites for hydroxylation is 2. The Morgan fingerprint density at radius 1 is 0.919 bits per heavy atom. The summed E-state index contributed by atoms with van der Waals surface area (Å²) in [5.41, 5.74) is 8.03. The summed E-state index contributed by atoms with van der Waals surface area (Å²) in [6.45, 7) is 5.50. The van der Waals surface area contributed by atoms with Crippen LogP contribution in [0.25, 0.3) is 0 Å². The molecule has 198 valence electrons. The van der Waals surface area contributed by atoms with Crippen LogP contribution in [0.5, 0.6) is 11.5 Å². The summed E-state index contributed by atoms with van der Waals surface area (Å²) in [4.78, 5) is 2.44. The maximum atomic E-state index is 9.83. The van der Waals surface area contributed by atoms with E-state index in [-0.39, 0.29) is 0 Å². The van der Waals surface area contributed by atoms with E-state index in [2.05, 4.69) is 72.7 Å². The molecule has 0 saturated heterocycles. The average molecular weight is 501 g/mol. The van der Waals surface area contributed by atoms with E-state index in [9.17, 15) is 5.11 Å². The van der Waals surface area contributed by atoms with Crippen LogP contribution in [0.15, 0.2) is 60.7 Å². The number of anilines is 1. The minimum Gasteiger partial charge on any atom is -0.508 e. The van der Waals surface area contributed by atoms with Gasteiger partial charge in [0.25, 0.3) is 0 Å². The van der Waals surface area contributed by atoms with Crippen LogP contribution in [-0.4, -0.2) is 43.8 Å². The van der Waals surface area contributed by atoms with E-state index in [1.165, 1.54) is 52.9 Å². The molecule has 0 saturated carbocycles. The molecule has 0 aromatic heterocycles. The molecule has 1 aliphatic carbocycles. The molecule has 3 aromatic carbocycles. The summed E-state index contributed by atoms with van der Waals surface area (Å²) in [5.74, 6) is 1.73. The van der Waals surface area contributed by atoms with Gasteiger partial charge in [0.05, 0.1) is 7.11 Å². The Morgan fingerprint density at radius 3 is 2.46 bits per heavy atom. The fraction of sp³-hybridized carbons (Fsp3) is 0.455. The molecule has 1 aliphatic rings. The van der Waals surface area contributed by atoms with Gasteiger partial charge in [-0.3, -0.25) is 0 Å². The molecular weight excluding hydrogens is 456 g/mol. The third-order valence-corrected chi connectivity index (χ3v) is 7.77. The molecule has 0 amide bonds. The molecule has 0 radical (unpaired) electrons. The van der Waals surface area contributed by atoms with Crippen molar-refractivity contribution < 1.29 is 9.84 Å². The molecule has 4 heteroatoms. The fourth-order valence-corrected chi connectivity index (χ4v) is 5.43. The third-order valence-electron chi connectivity index (χ3n) is 7.77. The summed E-state index contributed by atoms with van der Waals surface area (Å²) in [5, 5.41) is 13.6. The van der Waals surface area contributed by atoms with Crippen molar-refractivity contribution in [3.63, 3.8) is 0 Å². The van der Waals surface area contributed by atoms with E-state index in [0.29, 0.717) is 11.7 Å². The first-order valence-corrected chi connectivity index (χ1v) is 14.0. The Hall–Kier alpha value is -2.98. The summed E-state index contributed by atoms with van der Waals surface area (Å²) in [7, 11) is 3.96. The molecule has 4 nitrogen and oxygen atoms in total. The van der Waals surface area contributed by atoms with E-state index in [4.69, 9.17) is 4.74 Å². The molecule has 0 spiro atoms. The number of fused-ring (bicyclic) bond motifs is 1. The highest BCUT2D eigenvalue weighted by Crippen LogP contribution is 2.38. The summed E-state index contributed by atoms with van der Waals surface area (Å²) in [6, 6.07) is 21.5. The van der Waals surface area contributed by atoms with Crippen molar-refractivity contribution in [3.05, 3.63) is 88.5 Å². The van der Waals surface area contributed by atoms with Crippen LogP contribution in [0.4, 0.5) is 5.69 Å². The maximum Gasteiger partial charge on any atom is 0.120 e. The zero-order valence-electron chi connectivity index (χ0n) is 22.9. The molecule has 4 rings (SSSR count). The minimum absolute atomic E-state index is 0.369. The van der Waals surface area contributed by atoms with Crippen molar-refractivity contribution in [2.24, 2.45) is 0 Å². The highest BCUT2D eigenvalue weighted by molar-refractivity contribution is 5.57. The van der Waals surface area contributed by atoms with Crippen LogP contribution in [0, 0.1) is 0 Å². The summed E-state index contributed by atoms with van der Waals surface area (Å²) < 4.78 is 5.54. The molecule has 0 bridgehead atoms. The van der Waals surface area contributed by atoms with Gasteiger partial charge >= 0.3 is 0 Å². The van der Waals surface area contributed by atoms with Crippen molar-refractivity contribution in [1.82, 2.24) is 4.90 Å². The number of aromatic hydroxyl groups is 1. The monoisotopic (exact) mass is 500 g/mol. The Labute approximate surface area is 223 Å². The van der Waals surface area contributed by atoms with E-state index >= 15 is 0 Å². The number of benzene rings is 3. The van der Waals surface area contributed by atoms with E-state index in [1.807, 2.05) is 12.1 Å². The SMILES string of the molecule is CCCCN(C)CCc1ccc(CCCNc2cc(OC)ccc2[C@@H]2CCc3cc(O)ccc3C2)cc1. The number of methoxy groups -OCH3 is 1. The predicted molar refractivity (Wildman–Crippen MR) is 155 cm³/mol. The molecule has 1 atom stereocenters. The molecule has 0 unspecified atom stereocenters. The molecule has 37 heavy (non-hydrogen) atoms. The van der Waals surface area contributed by atoms with Gasteiger partial charge in [-0.25, -0.2) is 0 Å². The first kappa shape index (κ1) is 27.1. The van der Waals surface area contributed by atoms with Crippen molar-refractivity contribution in [3.8, 4) is 11.5 Å². The number of hydrogen-bond donors (Lipinski definition) is 2. The van der Waals surface area contributed by atoms with Crippen LogP contribution >= 0.6 is 0 Å². The average Bonchev–Trinajstić information content (AvgIpc) is 2.93. The molecule has 0 fully saturated rings. The largest absolute Gasteiger partial charge is 0.508 e. The van der Waals surface area contributed by atoms with Crippen LogP contribution < -0.4 is 10.1 Å². The van der Waals surface area contributed by atoms with Gasteiger partial charge < -0.3 is 20.1 Å². The third kappa shape index (κ3) is 7.75. The highest BCUT2D eigenvalue weighted by Gasteiger charge is 2.23. The second-order valence-corrected chi connectivity index (χ2v) is 10.6. The zero-order chi connectivity index (χ0) is 26.0. The molecule has 2 N–H and O–H groups in total. The van der Waals surface area contributed by atoms with Gasteiger partial charge in [0.2, 0.25) is 0 Å². The van der Waals surface area contributed by atoms with Crippen LogP contribution in [0.1, 0.15) is 66.3 Å². The summed E-state index contributed by atoms with van der Waals surface area (Å²) >= 11 is 0. The van der Waals surface area contributed by atoms with E-state index in [0.717, 1.165) is 57.4 Å². The molecular formula is C33H44N2O2. The van der Waals surface area contributed by atoms with Gasteiger partial charge in [0.1, 0.15) is 11.5 Å². The van der Waals surface area contributed by atoms with Crippen molar-refractivity contribution in [2.45, 2.75) is 64.2 Å². The second-order valence-electron chi connectivity index (χ2n) is 10.6. The van der Waals surface area contributed by atoms with Gasteiger partial charge in [0, 0.05) is 24.8 Å². The number of hydrogen-bond acceptors (Lipinski definition) is 4. The number of phenols is 1. The molecule has 0 heterocycles. The first-order valence-electron chi connectivity index (χ1n) is 14.0. The van der Waals surface area contributed by atoms with Gasteiger partial charge in [-0.1, -0.05) is 49.7 Å². The lowest BCUT2D eigenvalue weighted by atomic mass is 9.79. The Kier molecular flexibility index (Phi) is 9.90. The number of nitrogens with zero attached hydrogens (tertiary/aromatic N) is 1. The standard InChI is InChI=1S/C33H44N2O2/c1-4-5-20-35(2)21-18-26-10-8-25(9-11-26)7-6-19-34-33-24-31(37-3)16-17-32(33)29-13-12-28-23-30(36)15-14-27(28)22-29/h8-11,14-17,23-24,29,34,36H,4-7,12-13,18-22H2,1-3H3/t29-/m1/s1. The van der Waals surface area contributed by atoms with Crippen molar-refractivity contribution in [2.75, 3.05) is 39.1 Å². The van der Waals surface area contributed by atoms with Crippen LogP contribution in [0.2, 0.25) is 0 Å². The fourth-order valence-electron chi connectivity index (χ4n) is 5.43. The normalized spacial score (nSPS) is 15.0. The summed E-state index contributed by atoms with van der Waals surface area (Å²) in [6.07, 6.45) is 8.93. The lowest BCUT2D eigenvalue weighted by Crippen LogP contribution is -2.22. The van der Waals surface area contributed by atoms with Gasteiger partial charge in [-0.15, -0.1) is 0 Å². The van der Waals surface area contributed by atoms with Gasteiger partial charge in [-0.2, -0.15) is 0 Å². The van der Waals surface area contributed by atoms with E-state index in [1.54, 1.807) is 7.11 Å². The van der Waals surface area contributed by atoms with Gasteiger partial charge in [0.15, 0.2) is 0 Å². The Morgan fingerprint density at radius 2 is 1.70 bits per heavy atom. The molecule has 3 aromatic rings. The highest BCUT2D eigenvalue weighted by atomic mass is 16.5. The number of likely N-dealkylation sites (N-methyl/N-ethyl adjacent to an activating group) is 1. The number of ether oxygens (including phenoxy) is 1. The second kappa shape index (κ2) is 13.5. The first-order chi connectivity index (χ1) is 18.1. The quantitative estimate of drug-likeness (QED) is 0.248. The smallest absolute Gasteiger partial charge is 0.120 e. The number of unbranched alkanes of at least 4 members (excludes halogenated alkanes) is 1. The Balaban J connectivity index is 1.30. The predicted octanol–water partition coefficient (Wildman–Crippen LogP) is 6.99. The molecule has 0 aliphatic heterocycles. The lowest BCUT2D eigenvalue weighted by molar-refractivity contribution is 0.332. The van der Waals surface area contributed by atoms with Crippen molar-refractivity contribution >= 4 is 5.69 Å². The zero-order valence-corrected chi connectivity index (χ0v) is 22.9. The Bertz CT molecular complexity index is 1130. The van der Waals surface area contributed by atoms with E-state index < -0.39 is 0 Å². The number of rotatable bonds is 13.